The molecular formula is C16H15N3O2. The normalized spacial score (nSPS) is 10.0. The minimum absolute atomic E-state index is 0.215. The fourth-order valence-corrected chi connectivity index (χ4v) is 2.18. The number of aryl methyl sites for hydroxylation is 1. The lowest BCUT2D eigenvalue weighted by Gasteiger charge is -2.13. The van der Waals surface area contributed by atoms with Gasteiger partial charge < -0.3 is 10.5 Å². The van der Waals surface area contributed by atoms with Crippen molar-refractivity contribution in [1.29, 1.82) is 5.26 Å². The van der Waals surface area contributed by atoms with Crippen LogP contribution in [0.4, 0.5) is 5.82 Å². The second-order valence-electron chi connectivity index (χ2n) is 4.64. The first-order chi connectivity index (χ1) is 9.99. The molecule has 0 unspecified atom stereocenters. The average Bonchev–Trinajstić information content (AvgIpc) is 2.50. The Morgan fingerprint density at radius 2 is 1.90 bits per heavy atom. The zero-order chi connectivity index (χ0) is 15.6. The van der Waals surface area contributed by atoms with Crippen molar-refractivity contribution in [3.63, 3.8) is 0 Å². The van der Waals surface area contributed by atoms with Crippen LogP contribution in [-0.4, -0.2) is 18.1 Å². The molecule has 1 heterocycles. The highest BCUT2D eigenvalue weighted by molar-refractivity contribution is 5.90. The van der Waals surface area contributed by atoms with Crippen LogP contribution in [0.1, 0.15) is 27.2 Å². The highest BCUT2D eigenvalue weighted by Crippen LogP contribution is 2.31. The second-order valence-corrected chi connectivity index (χ2v) is 4.64. The molecule has 0 atom stereocenters. The van der Waals surface area contributed by atoms with Crippen molar-refractivity contribution in [2.45, 2.75) is 13.8 Å². The Hall–Kier alpha value is -2.87. The molecule has 5 nitrogen and oxygen atoms in total. The summed E-state index contributed by atoms with van der Waals surface area (Å²) >= 11 is 0. The number of carbonyl (C=O) groups excluding carboxylic acids is 1. The lowest BCUT2D eigenvalue weighted by Crippen LogP contribution is -2.04. The summed E-state index contributed by atoms with van der Waals surface area (Å²) in [4.78, 5) is 15.6. The summed E-state index contributed by atoms with van der Waals surface area (Å²) in [6.45, 7) is 3.74. The third-order valence-corrected chi connectivity index (χ3v) is 3.42. The lowest BCUT2D eigenvalue weighted by molar-refractivity contribution is 0.0601. The van der Waals surface area contributed by atoms with Gasteiger partial charge in [-0.25, -0.2) is 9.78 Å². The standard InChI is InChI=1S/C16H15N3O2/c1-9-10(2)19-15(18)13(8-17)14(9)11-4-6-12(7-5-11)16(20)21-3/h4-7H,1-3H3,(H2,18,19). The topological polar surface area (TPSA) is 89.0 Å². The summed E-state index contributed by atoms with van der Waals surface area (Å²) in [5, 5.41) is 9.31. The zero-order valence-corrected chi connectivity index (χ0v) is 12.1. The molecule has 0 radical (unpaired) electrons. The molecule has 0 bridgehead atoms. The Balaban J connectivity index is 2.62. The number of benzene rings is 1. The molecule has 0 aliphatic carbocycles. The van der Waals surface area contributed by atoms with Crippen molar-refractivity contribution >= 4 is 11.8 Å². The molecule has 0 aliphatic heterocycles. The number of nitrogens with two attached hydrogens (primary N) is 1. The maximum absolute atomic E-state index is 11.5. The first kappa shape index (κ1) is 14.5. The van der Waals surface area contributed by atoms with Crippen LogP contribution in [0.25, 0.3) is 11.1 Å². The highest BCUT2D eigenvalue weighted by Gasteiger charge is 2.16. The molecule has 0 aliphatic rings. The van der Waals surface area contributed by atoms with E-state index in [2.05, 4.69) is 15.8 Å². The third kappa shape index (κ3) is 2.56. The quantitative estimate of drug-likeness (QED) is 0.855. The average molecular weight is 281 g/mol. The lowest BCUT2D eigenvalue weighted by atomic mass is 9.94. The number of nitrogens with zero attached hydrogens (tertiary/aromatic N) is 2. The Labute approximate surface area is 123 Å². The molecule has 0 saturated carbocycles. The van der Waals surface area contributed by atoms with Crippen LogP contribution in [-0.2, 0) is 4.74 Å². The van der Waals surface area contributed by atoms with E-state index in [0.29, 0.717) is 11.1 Å². The van der Waals surface area contributed by atoms with Gasteiger partial charge >= 0.3 is 5.97 Å². The summed E-state index contributed by atoms with van der Waals surface area (Å²) < 4.78 is 4.67. The van der Waals surface area contributed by atoms with Gasteiger partial charge in [0.25, 0.3) is 0 Å². The van der Waals surface area contributed by atoms with Crippen molar-refractivity contribution in [3.05, 3.63) is 46.6 Å². The van der Waals surface area contributed by atoms with Gasteiger partial charge in [0.2, 0.25) is 0 Å². The van der Waals surface area contributed by atoms with Crippen LogP contribution >= 0.6 is 0 Å². The van der Waals surface area contributed by atoms with E-state index < -0.39 is 5.97 Å². The fraction of sp³-hybridized carbons (Fsp3) is 0.188. The molecule has 1 aromatic heterocycles. The molecule has 1 aromatic carbocycles. The summed E-state index contributed by atoms with van der Waals surface area (Å²) in [5.41, 5.74) is 9.87. The Kier molecular flexibility index (Phi) is 3.90. The predicted octanol–water partition coefficient (Wildman–Crippen LogP) is 2.61. The van der Waals surface area contributed by atoms with Gasteiger partial charge in [-0.2, -0.15) is 5.26 Å². The number of methoxy groups -OCH3 is 1. The van der Waals surface area contributed by atoms with Gasteiger partial charge in [0.05, 0.1) is 12.7 Å². The second kappa shape index (κ2) is 5.63. The van der Waals surface area contributed by atoms with E-state index >= 15 is 0 Å². The van der Waals surface area contributed by atoms with E-state index in [1.54, 1.807) is 24.3 Å². The minimum atomic E-state index is -0.399. The third-order valence-electron chi connectivity index (χ3n) is 3.42. The van der Waals surface area contributed by atoms with Crippen LogP contribution in [0, 0.1) is 25.2 Å². The van der Waals surface area contributed by atoms with Gasteiger partial charge in [0.15, 0.2) is 0 Å². The van der Waals surface area contributed by atoms with Gasteiger partial charge in [-0.3, -0.25) is 0 Å². The van der Waals surface area contributed by atoms with Gasteiger partial charge in [0, 0.05) is 11.3 Å². The molecule has 2 rings (SSSR count). The van der Waals surface area contributed by atoms with Crippen LogP contribution in [0.5, 0.6) is 0 Å². The van der Waals surface area contributed by atoms with Crippen molar-refractivity contribution in [3.8, 4) is 17.2 Å². The molecule has 21 heavy (non-hydrogen) atoms. The molecular weight excluding hydrogens is 266 g/mol. The van der Waals surface area contributed by atoms with Crippen molar-refractivity contribution in [2.24, 2.45) is 0 Å². The van der Waals surface area contributed by atoms with E-state index in [-0.39, 0.29) is 5.82 Å². The van der Waals surface area contributed by atoms with E-state index in [1.807, 2.05) is 13.8 Å². The monoisotopic (exact) mass is 281 g/mol. The highest BCUT2D eigenvalue weighted by atomic mass is 16.5. The van der Waals surface area contributed by atoms with E-state index in [9.17, 15) is 10.1 Å². The zero-order valence-electron chi connectivity index (χ0n) is 12.1. The molecule has 0 fully saturated rings. The number of hydrogen-bond acceptors (Lipinski definition) is 5. The summed E-state index contributed by atoms with van der Waals surface area (Å²) in [6.07, 6.45) is 0. The summed E-state index contributed by atoms with van der Waals surface area (Å²) in [6, 6.07) is 8.96. The van der Waals surface area contributed by atoms with Crippen LogP contribution < -0.4 is 5.73 Å². The number of aromatic nitrogens is 1. The number of rotatable bonds is 2. The van der Waals surface area contributed by atoms with Gasteiger partial charge in [0.1, 0.15) is 17.5 Å². The maximum Gasteiger partial charge on any atom is 0.337 e. The number of nitriles is 1. The smallest absolute Gasteiger partial charge is 0.337 e. The number of nitrogen functional groups attached to an aromatic ring is 1. The van der Waals surface area contributed by atoms with Gasteiger partial charge in [-0.1, -0.05) is 12.1 Å². The SMILES string of the molecule is COC(=O)c1ccc(-c2c(C)c(C)nc(N)c2C#N)cc1. The molecule has 5 heteroatoms. The fourth-order valence-electron chi connectivity index (χ4n) is 2.18. The number of ether oxygens (including phenoxy) is 1. The Bertz CT molecular complexity index is 744. The molecule has 0 amide bonds. The number of hydrogen-bond donors (Lipinski definition) is 1. The Morgan fingerprint density at radius 3 is 2.43 bits per heavy atom. The number of pyridine rings is 1. The van der Waals surface area contributed by atoms with Crippen molar-refractivity contribution in [1.82, 2.24) is 4.98 Å². The van der Waals surface area contributed by atoms with E-state index in [0.717, 1.165) is 22.4 Å². The molecule has 106 valence electrons. The maximum atomic E-state index is 11.5. The Morgan fingerprint density at radius 1 is 1.29 bits per heavy atom. The van der Waals surface area contributed by atoms with Crippen LogP contribution in [0.3, 0.4) is 0 Å². The number of anilines is 1. The predicted molar refractivity (Wildman–Crippen MR) is 79.6 cm³/mol. The minimum Gasteiger partial charge on any atom is -0.465 e. The molecule has 0 spiro atoms. The first-order valence-electron chi connectivity index (χ1n) is 6.35. The molecule has 2 aromatic rings. The summed E-state index contributed by atoms with van der Waals surface area (Å²) in [7, 11) is 1.33. The van der Waals surface area contributed by atoms with Crippen LogP contribution in [0.2, 0.25) is 0 Å². The van der Waals surface area contributed by atoms with E-state index in [4.69, 9.17) is 5.73 Å². The van der Waals surface area contributed by atoms with Gasteiger partial charge in [-0.05, 0) is 37.1 Å². The van der Waals surface area contributed by atoms with Crippen LogP contribution in [0.15, 0.2) is 24.3 Å². The number of carbonyl (C=O) groups is 1. The van der Waals surface area contributed by atoms with Crippen molar-refractivity contribution < 1.29 is 9.53 Å². The largest absolute Gasteiger partial charge is 0.465 e. The molecule has 0 saturated heterocycles. The van der Waals surface area contributed by atoms with Crippen molar-refractivity contribution in [2.75, 3.05) is 12.8 Å². The summed E-state index contributed by atoms with van der Waals surface area (Å²) in [5.74, 6) is -0.183. The number of esters is 1. The first-order valence-corrected chi connectivity index (χ1v) is 6.35. The van der Waals surface area contributed by atoms with E-state index in [1.165, 1.54) is 7.11 Å². The molecule has 2 N–H and O–H groups in total. The van der Waals surface area contributed by atoms with Gasteiger partial charge in [-0.15, -0.1) is 0 Å².